The Morgan fingerprint density at radius 3 is 2.67 bits per heavy atom. The molecule has 2 N–H and O–H groups in total. The summed E-state index contributed by atoms with van der Waals surface area (Å²) in [6, 6.07) is 9.99. The maximum absolute atomic E-state index is 5.27. The molecule has 3 nitrogen and oxygen atoms in total. The molecule has 1 unspecified atom stereocenters. The zero-order chi connectivity index (χ0) is 13.0. The zero-order valence-electron chi connectivity index (χ0n) is 10.3. The molecule has 0 aliphatic heterocycles. The molecule has 1 aromatic heterocycles. The molecule has 2 aromatic rings. The van der Waals surface area contributed by atoms with Crippen LogP contribution in [-0.2, 0) is 0 Å². The predicted molar refractivity (Wildman–Crippen MR) is 81.1 cm³/mol. The second-order valence-corrected chi connectivity index (χ2v) is 5.31. The number of aromatic nitrogens is 1. The van der Waals surface area contributed by atoms with Crippen molar-refractivity contribution >= 4 is 34.4 Å². The Morgan fingerprint density at radius 1 is 1.33 bits per heavy atom. The number of nitrogens with zero attached hydrogens (tertiary/aromatic N) is 1. The SMILES string of the molecule is Cc1csc(C(C)NC(=S)Nc2ccccc2)n1. The van der Waals surface area contributed by atoms with E-state index >= 15 is 0 Å². The van der Waals surface area contributed by atoms with Gasteiger partial charge in [0, 0.05) is 16.8 Å². The molecule has 1 atom stereocenters. The van der Waals surface area contributed by atoms with Crippen LogP contribution in [-0.4, -0.2) is 10.1 Å². The van der Waals surface area contributed by atoms with Crippen molar-refractivity contribution in [3.8, 4) is 0 Å². The molecule has 94 valence electrons. The van der Waals surface area contributed by atoms with Crippen LogP contribution in [0.25, 0.3) is 0 Å². The smallest absolute Gasteiger partial charge is 0.171 e. The third-order valence-corrected chi connectivity index (χ3v) is 3.75. The first-order chi connectivity index (χ1) is 8.65. The summed E-state index contributed by atoms with van der Waals surface area (Å²) in [6.45, 7) is 4.05. The van der Waals surface area contributed by atoms with Crippen LogP contribution in [0.2, 0.25) is 0 Å². The van der Waals surface area contributed by atoms with Crippen LogP contribution >= 0.6 is 23.6 Å². The van der Waals surface area contributed by atoms with Gasteiger partial charge in [-0.15, -0.1) is 11.3 Å². The first-order valence-electron chi connectivity index (χ1n) is 5.70. The zero-order valence-corrected chi connectivity index (χ0v) is 11.9. The Bertz CT molecular complexity index is 522. The summed E-state index contributed by atoms with van der Waals surface area (Å²) in [5.74, 6) is 0. The Balaban J connectivity index is 1.92. The van der Waals surface area contributed by atoms with Crippen LogP contribution in [0.15, 0.2) is 35.7 Å². The largest absolute Gasteiger partial charge is 0.353 e. The molecule has 2 rings (SSSR count). The van der Waals surface area contributed by atoms with Gasteiger partial charge in [0.15, 0.2) is 5.11 Å². The molecule has 0 fully saturated rings. The first-order valence-corrected chi connectivity index (χ1v) is 6.98. The number of benzene rings is 1. The molecular formula is C13H15N3S2. The third-order valence-electron chi connectivity index (χ3n) is 2.39. The number of para-hydroxylation sites is 1. The van der Waals surface area contributed by atoms with Crippen molar-refractivity contribution in [3.63, 3.8) is 0 Å². The van der Waals surface area contributed by atoms with E-state index in [1.54, 1.807) is 11.3 Å². The molecule has 1 heterocycles. The second-order valence-electron chi connectivity index (χ2n) is 4.01. The fourth-order valence-corrected chi connectivity index (χ4v) is 2.62. The van der Waals surface area contributed by atoms with E-state index < -0.39 is 0 Å². The van der Waals surface area contributed by atoms with Gasteiger partial charge < -0.3 is 10.6 Å². The lowest BCUT2D eigenvalue weighted by molar-refractivity contribution is 0.713. The highest BCUT2D eigenvalue weighted by Gasteiger charge is 2.10. The van der Waals surface area contributed by atoms with Crippen molar-refractivity contribution in [3.05, 3.63) is 46.4 Å². The standard InChI is InChI=1S/C13H15N3S2/c1-9-8-18-12(14-9)10(2)15-13(17)16-11-6-4-3-5-7-11/h3-8,10H,1-2H3,(H2,15,16,17). The maximum Gasteiger partial charge on any atom is 0.171 e. The molecule has 0 saturated carbocycles. The summed E-state index contributed by atoms with van der Waals surface area (Å²) in [5, 5.41) is 10.1. The molecule has 0 aliphatic rings. The van der Waals surface area contributed by atoms with E-state index in [9.17, 15) is 0 Å². The fourth-order valence-electron chi connectivity index (χ4n) is 1.52. The first kappa shape index (κ1) is 13.0. The molecule has 0 aliphatic carbocycles. The van der Waals surface area contributed by atoms with Gasteiger partial charge in [0.05, 0.1) is 6.04 Å². The van der Waals surface area contributed by atoms with E-state index in [4.69, 9.17) is 12.2 Å². The summed E-state index contributed by atoms with van der Waals surface area (Å²) < 4.78 is 0. The van der Waals surface area contributed by atoms with Gasteiger partial charge >= 0.3 is 0 Å². The Hall–Kier alpha value is -1.46. The number of aryl methyl sites for hydroxylation is 1. The van der Waals surface area contributed by atoms with Gasteiger partial charge in [-0.05, 0) is 38.2 Å². The quantitative estimate of drug-likeness (QED) is 0.842. The summed E-state index contributed by atoms with van der Waals surface area (Å²) in [5.41, 5.74) is 2.03. The van der Waals surface area contributed by atoms with Crippen LogP contribution < -0.4 is 10.6 Å². The van der Waals surface area contributed by atoms with E-state index in [1.165, 1.54) is 0 Å². The molecule has 1 aromatic carbocycles. The van der Waals surface area contributed by atoms with Crippen LogP contribution in [0, 0.1) is 6.92 Å². The van der Waals surface area contributed by atoms with E-state index in [2.05, 4.69) is 22.5 Å². The fraction of sp³-hybridized carbons (Fsp3) is 0.231. The molecule has 0 saturated heterocycles. The van der Waals surface area contributed by atoms with Gasteiger partial charge in [0.25, 0.3) is 0 Å². The summed E-state index contributed by atoms with van der Waals surface area (Å²) in [6.07, 6.45) is 0. The number of anilines is 1. The molecule has 0 amide bonds. The second kappa shape index (κ2) is 5.93. The average molecular weight is 277 g/mol. The highest BCUT2D eigenvalue weighted by molar-refractivity contribution is 7.80. The Labute approximate surface area is 116 Å². The molecule has 0 spiro atoms. The summed E-state index contributed by atoms with van der Waals surface area (Å²) in [4.78, 5) is 4.44. The molecular weight excluding hydrogens is 262 g/mol. The van der Waals surface area contributed by atoms with Gasteiger partial charge in [-0.3, -0.25) is 0 Å². The lowest BCUT2D eigenvalue weighted by Crippen LogP contribution is -2.30. The minimum atomic E-state index is 0.118. The highest BCUT2D eigenvalue weighted by Crippen LogP contribution is 2.17. The van der Waals surface area contributed by atoms with Crippen molar-refractivity contribution < 1.29 is 0 Å². The van der Waals surface area contributed by atoms with Crippen LogP contribution in [0.5, 0.6) is 0 Å². The molecule has 0 bridgehead atoms. The van der Waals surface area contributed by atoms with E-state index in [0.29, 0.717) is 5.11 Å². The number of hydrogen-bond acceptors (Lipinski definition) is 3. The lowest BCUT2D eigenvalue weighted by Gasteiger charge is -2.15. The summed E-state index contributed by atoms with van der Waals surface area (Å²) in [7, 11) is 0. The van der Waals surface area contributed by atoms with Crippen LogP contribution in [0.1, 0.15) is 23.7 Å². The third kappa shape index (κ3) is 3.51. The van der Waals surface area contributed by atoms with Gasteiger partial charge in [-0.25, -0.2) is 4.98 Å². The monoisotopic (exact) mass is 277 g/mol. The lowest BCUT2D eigenvalue weighted by atomic mass is 10.3. The van der Waals surface area contributed by atoms with Crippen molar-refractivity contribution in [1.29, 1.82) is 0 Å². The van der Waals surface area contributed by atoms with Gasteiger partial charge in [-0.1, -0.05) is 18.2 Å². The predicted octanol–water partition coefficient (Wildman–Crippen LogP) is 3.50. The number of nitrogens with one attached hydrogen (secondary N) is 2. The molecule has 5 heteroatoms. The minimum absolute atomic E-state index is 0.118. The van der Waals surface area contributed by atoms with Crippen LogP contribution in [0.4, 0.5) is 5.69 Å². The number of hydrogen-bond donors (Lipinski definition) is 2. The van der Waals surface area contributed by atoms with Crippen molar-refractivity contribution in [2.24, 2.45) is 0 Å². The highest BCUT2D eigenvalue weighted by atomic mass is 32.1. The van der Waals surface area contributed by atoms with Crippen molar-refractivity contribution in [2.45, 2.75) is 19.9 Å². The van der Waals surface area contributed by atoms with Crippen LogP contribution in [0.3, 0.4) is 0 Å². The Morgan fingerprint density at radius 2 is 2.06 bits per heavy atom. The average Bonchev–Trinajstić information content (AvgIpc) is 2.77. The van der Waals surface area contributed by atoms with Crippen molar-refractivity contribution in [2.75, 3.05) is 5.32 Å². The minimum Gasteiger partial charge on any atom is -0.353 e. The van der Waals surface area contributed by atoms with Crippen molar-refractivity contribution in [1.82, 2.24) is 10.3 Å². The van der Waals surface area contributed by atoms with E-state index in [0.717, 1.165) is 16.4 Å². The van der Waals surface area contributed by atoms with Gasteiger partial charge in [-0.2, -0.15) is 0 Å². The number of thiazole rings is 1. The molecule has 0 radical (unpaired) electrons. The Kier molecular flexibility index (Phi) is 4.28. The van der Waals surface area contributed by atoms with E-state index in [-0.39, 0.29) is 6.04 Å². The normalized spacial score (nSPS) is 11.9. The van der Waals surface area contributed by atoms with E-state index in [1.807, 2.05) is 42.6 Å². The summed E-state index contributed by atoms with van der Waals surface area (Å²) >= 11 is 6.92. The number of rotatable bonds is 3. The maximum atomic E-state index is 5.27. The molecule has 18 heavy (non-hydrogen) atoms. The number of thiocarbonyl (C=S) groups is 1. The van der Waals surface area contributed by atoms with Gasteiger partial charge in [0.2, 0.25) is 0 Å². The topological polar surface area (TPSA) is 37.0 Å². The van der Waals surface area contributed by atoms with Gasteiger partial charge in [0.1, 0.15) is 5.01 Å².